The molecule has 0 saturated heterocycles. The minimum atomic E-state index is 0.760. The van der Waals surface area contributed by atoms with Crippen molar-refractivity contribution in [3.05, 3.63) is 29.5 Å². The number of hydrogen-bond acceptors (Lipinski definition) is 6. The summed E-state index contributed by atoms with van der Waals surface area (Å²) < 4.78 is 3.05. The standard InChI is InChI=1S/C12H13N5S2/c1-13-11-8-6-14-17(2)12(8)16-9(15-11)7-19-10-4-3-5-18-10/h3-6H,7H2,1-2H3,(H,13,15,16). The van der Waals surface area contributed by atoms with Gasteiger partial charge >= 0.3 is 0 Å². The Bertz CT molecular complexity index is 690. The van der Waals surface area contributed by atoms with Gasteiger partial charge in [-0.25, -0.2) is 9.97 Å². The molecule has 0 spiro atoms. The van der Waals surface area contributed by atoms with Crippen LogP contribution in [0.4, 0.5) is 5.82 Å². The monoisotopic (exact) mass is 291 g/mol. The number of thiophene rings is 1. The second-order valence-corrected chi connectivity index (χ2v) is 6.19. The average Bonchev–Trinajstić information content (AvgIpc) is 3.06. The van der Waals surface area contributed by atoms with Crippen molar-refractivity contribution in [2.75, 3.05) is 12.4 Å². The van der Waals surface area contributed by atoms with Gasteiger partial charge in [0, 0.05) is 14.1 Å². The summed E-state index contributed by atoms with van der Waals surface area (Å²) in [5.41, 5.74) is 0.862. The first kappa shape index (κ1) is 12.4. The Morgan fingerprint density at radius 3 is 3.05 bits per heavy atom. The van der Waals surface area contributed by atoms with Gasteiger partial charge in [-0.1, -0.05) is 6.07 Å². The van der Waals surface area contributed by atoms with E-state index in [-0.39, 0.29) is 0 Å². The smallest absolute Gasteiger partial charge is 0.163 e. The van der Waals surface area contributed by atoms with Crippen LogP contribution in [0.2, 0.25) is 0 Å². The number of rotatable bonds is 4. The number of nitrogens with one attached hydrogen (secondary N) is 1. The summed E-state index contributed by atoms with van der Waals surface area (Å²) in [5.74, 6) is 2.41. The minimum Gasteiger partial charge on any atom is -0.372 e. The third-order valence-corrected chi connectivity index (χ3v) is 4.84. The Balaban J connectivity index is 1.92. The summed E-state index contributed by atoms with van der Waals surface area (Å²) in [5, 5.41) is 10.4. The van der Waals surface area contributed by atoms with E-state index in [1.54, 1.807) is 34.0 Å². The molecule has 0 unspecified atom stereocenters. The third kappa shape index (κ3) is 2.43. The molecule has 3 rings (SSSR count). The van der Waals surface area contributed by atoms with Crippen LogP contribution in [0.15, 0.2) is 27.9 Å². The molecule has 0 saturated carbocycles. The second-order valence-electron chi connectivity index (χ2n) is 3.96. The van der Waals surface area contributed by atoms with Gasteiger partial charge in [0.15, 0.2) is 5.65 Å². The largest absolute Gasteiger partial charge is 0.372 e. The summed E-state index contributed by atoms with van der Waals surface area (Å²) in [6.45, 7) is 0. The zero-order chi connectivity index (χ0) is 13.2. The maximum absolute atomic E-state index is 4.58. The second kappa shape index (κ2) is 5.18. The molecule has 0 radical (unpaired) electrons. The fraction of sp³-hybridized carbons (Fsp3) is 0.250. The fourth-order valence-corrected chi connectivity index (χ4v) is 3.44. The van der Waals surface area contributed by atoms with Gasteiger partial charge in [-0.2, -0.15) is 5.10 Å². The van der Waals surface area contributed by atoms with Crippen LogP contribution in [0.3, 0.4) is 0 Å². The SMILES string of the molecule is CNc1nc(CSc2cccs2)nc2c1cnn2C. The molecule has 0 bridgehead atoms. The molecule has 0 aliphatic heterocycles. The summed E-state index contributed by atoms with van der Waals surface area (Å²) >= 11 is 3.49. The van der Waals surface area contributed by atoms with Gasteiger partial charge in [-0.3, -0.25) is 4.68 Å². The molecule has 3 heterocycles. The molecule has 5 nitrogen and oxygen atoms in total. The van der Waals surface area contributed by atoms with Crippen molar-refractivity contribution in [2.45, 2.75) is 9.96 Å². The van der Waals surface area contributed by atoms with Crippen LogP contribution in [-0.4, -0.2) is 26.8 Å². The van der Waals surface area contributed by atoms with Crippen molar-refractivity contribution in [3.8, 4) is 0 Å². The summed E-state index contributed by atoms with van der Waals surface area (Å²) in [4.78, 5) is 9.12. The summed E-state index contributed by atoms with van der Waals surface area (Å²) in [7, 11) is 3.76. The van der Waals surface area contributed by atoms with Crippen LogP contribution < -0.4 is 5.32 Å². The lowest BCUT2D eigenvalue weighted by Gasteiger charge is -2.05. The number of nitrogens with zero attached hydrogens (tertiary/aromatic N) is 4. The topological polar surface area (TPSA) is 55.6 Å². The van der Waals surface area contributed by atoms with E-state index < -0.39 is 0 Å². The molecule has 0 aliphatic rings. The molecule has 19 heavy (non-hydrogen) atoms. The molecule has 0 aliphatic carbocycles. The van der Waals surface area contributed by atoms with Crippen LogP contribution in [-0.2, 0) is 12.8 Å². The van der Waals surface area contributed by atoms with Crippen molar-refractivity contribution in [2.24, 2.45) is 7.05 Å². The lowest BCUT2D eigenvalue weighted by molar-refractivity contribution is 0.782. The Hall–Kier alpha value is -1.60. The lowest BCUT2D eigenvalue weighted by atomic mass is 10.4. The minimum absolute atomic E-state index is 0.760. The maximum atomic E-state index is 4.58. The Labute approximate surface area is 119 Å². The van der Waals surface area contributed by atoms with E-state index in [1.807, 2.05) is 14.1 Å². The van der Waals surface area contributed by atoms with E-state index in [0.717, 1.165) is 28.4 Å². The van der Waals surface area contributed by atoms with Crippen molar-refractivity contribution in [1.29, 1.82) is 0 Å². The van der Waals surface area contributed by atoms with Gasteiger partial charge < -0.3 is 5.32 Å². The number of fused-ring (bicyclic) bond motifs is 1. The number of hydrogen-bond donors (Lipinski definition) is 1. The van der Waals surface area contributed by atoms with E-state index in [0.29, 0.717) is 0 Å². The van der Waals surface area contributed by atoms with Crippen molar-refractivity contribution >= 4 is 39.9 Å². The van der Waals surface area contributed by atoms with Gasteiger partial charge in [0.25, 0.3) is 0 Å². The van der Waals surface area contributed by atoms with Gasteiger partial charge in [-0.05, 0) is 11.4 Å². The predicted octanol–water partition coefficient (Wildman–Crippen LogP) is 2.76. The van der Waals surface area contributed by atoms with Crippen molar-refractivity contribution < 1.29 is 0 Å². The first-order valence-corrected chi connectivity index (χ1v) is 7.67. The van der Waals surface area contributed by atoms with Crippen LogP contribution in [0, 0.1) is 0 Å². The Kier molecular flexibility index (Phi) is 3.39. The maximum Gasteiger partial charge on any atom is 0.163 e. The number of anilines is 1. The predicted molar refractivity (Wildman–Crippen MR) is 79.7 cm³/mol. The lowest BCUT2D eigenvalue weighted by Crippen LogP contribution is -2.02. The highest BCUT2D eigenvalue weighted by Gasteiger charge is 2.10. The molecule has 3 aromatic rings. The highest BCUT2D eigenvalue weighted by molar-refractivity contribution is 8.00. The zero-order valence-electron chi connectivity index (χ0n) is 10.6. The third-order valence-electron chi connectivity index (χ3n) is 2.71. The quantitative estimate of drug-likeness (QED) is 0.749. The van der Waals surface area contributed by atoms with E-state index >= 15 is 0 Å². The van der Waals surface area contributed by atoms with E-state index in [4.69, 9.17) is 0 Å². The van der Waals surface area contributed by atoms with Gasteiger partial charge in [-0.15, -0.1) is 23.1 Å². The van der Waals surface area contributed by atoms with Gasteiger partial charge in [0.05, 0.1) is 21.5 Å². The molecular formula is C12H13N5S2. The molecular weight excluding hydrogens is 278 g/mol. The first-order chi connectivity index (χ1) is 9.28. The molecule has 0 fully saturated rings. The summed E-state index contributed by atoms with van der Waals surface area (Å²) in [6, 6.07) is 4.16. The molecule has 0 amide bonds. The highest BCUT2D eigenvalue weighted by atomic mass is 32.2. The van der Waals surface area contributed by atoms with Crippen LogP contribution in [0.25, 0.3) is 11.0 Å². The van der Waals surface area contributed by atoms with Crippen LogP contribution in [0.1, 0.15) is 5.82 Å². The van der Waals surface area contributed by atoms with E-state index in [1.165, 1.54) is 4.21 Å². The molecule has 0 atom stereocenters. The number of thioether (sulfide) groups is 1. The normalized spacial score (nSPS) is 11.1. The number of aromatic nitrogens is 4. The Morgan fingerprint density at radius 2 is 2.32 bits per heavy atom. The van der Waals surface area contributed by atoms with Crippen molar-refractivity contribution in [1.82, 2.24) is 19.7 Å². The zero-order valence-corrected chi connectivity index (χ0v) is 12.3. The van der Waals surface area contributed by atoms with E-state index in [9.17, 15) is 0 Å². The summed E-state index contributed by atoms with van der Waals surface area (Å²) in [6.07, 6.45) is 1.79. The molecule has 98 valence electrons. The van der Waals surface area contributed by atoms with Crippen LogP contribution in [0.5, 0.6) is 0 Å². The Morgan fingerprint density at radius 1 is 1.42 bits per heavy atom. The molecule has 7 heteroatoms. The first-order valence-electron chi connectivity index (χ1n) is 5.80. The van der Waals surface area contributed by atoms with Gasteiger partial charge in [0.2, 0.25) is 0 Å². The number of aryl methyl sites for hydroxylation is 1. The molecule has 0 aromatic carbocycles. The van der Waals surface area contributed by atoms with Crippen LogP contribution >= 0.6 is 23.1 Å². The molecule has 3 aromatic heterocycles. The van der Waals surface area contributed by atoms with Gasteiger partial charge in [0.1, 0.15) is 11.6 Å². The highest BCUT2D eigenvalue weighted by Crippen LogP contribution is 2.27. The van der Waals surface area contributed by atoms with E-state index in [2.05, 4.69) is 37.9 Å². The average molecular weight is 291 g/mol. The van der Waals surface area contributed by atoms with Crippen molar-refractivity contribution in [3.63, 3.8) is 0 Å². The fourth-order valence-electron chi connectivity index (χ4n) is 1.80. The molecule has 1 N–H and O–H groups in total.